The highest BCUT2D eigenvalue weighted by molar-refractivity contribution is 9.11. The van der Waals surface area contributed by atoms with E-state index in [1.807, 2.05) is 25.2 Å². The number of hydrogen-bond acceptors (Lipinski definition) is 4. The standard InChI is InChI=1S/C11H9Br2N3O2S/c1-16-10(7-4-6(12)2-3-8(7)13)14-15-11(16)19-5-9(17)18/h2-4H,5H2,1H3,(H,17,18). The van der Waals surface area contributed by atoms with E-state index in [-0.39, 0.29) is 5.75 Å². The van der Waals surface area contributed by atoms with Gasteiger partial charge in [-0.1, -0.05) is 43.6 Å². The van der Waals surface area contributed by atoms with Crippen molar-refractivity contribution in [2.24, 2.45) is 7.05 Å². The number of carboxylic acids is 1. The van der Waals surface area contributed by atoms with Crippen LogP contribution in [-0.2, 0) is 11.8 Å². The molecule has 0 amide bonds. The van der Waals surface area contributed by atoms with Gasteiger partial charge in [-0.2, -0.15) is 0 Å². The van der Waals surface area contributed by atoms with Crippen molar-refractivity contribution in [1.82, 2.24) is 14.8 Å². The second kappa shape index (κ2) is 6.06. The number of thioether (sulfide) groups is 1. The van der Waals surface area contributed by atoms with Crippen LogP contribution in [-0.4, -0.2) is 31.6 Å². The number of benzene rings is 1. The van der Waals surface area contributed by atoms with Crippen molar-refractivity contribution >= 4 is 49.6 Å². The van der Waals surface area contributed by atoms with E-state index in [1.165, 1.54) is 0 Å². The lowest BCUT2D eigenvalue weighted by Gasteiger charge is -2.05. The minimum absolute atomic E-state index is 0.0361. The Bertz CT molecular complexity index is 630. The molecule has 0 bridgehead atoms. The number of carboxylic acid groups (broad SMARTS) is 1. The number of carbonyl (C=O) groups is 1. The minimum Gasteiger partial charge on any atom is -0.481 e. The van der Waals surface area contributed by atoms with Gasteiger partial charge in [0.2, 0.25) is 0 Å². The fourth-order valence-electron chi connectivity index (χ4n) is 1.47. The summed E-state index contributed by atoms with van der Waals surface area (Å²) in [4.78, 5) is 10.6. The fraction of sp³-hybridized carbons (Fsp3) is 0.182. The Morgan fingerprint density at radius 2 is 2.16 bits per heavy atom. The van der Waals surface area contributed by atoms with Gasteiger partial charge in [-0.05, 0) is 18.2 Å². The first-order chi connectivity index (χ1) is 8.99. The molecule has 0 saturated heterocycles. The third-order valence-corrected chi connectivity index (χ3v) is 4.52. The Balaban J connectivity index is 2.36. The molecule has 0 spiro atoms. The summed E-state index contributed by atoms with van der Waals surface area (Å²) in [5.74, 6) is -0.231. The van der Waals surface area contributed by atoms with Crippen LogP contribution >= 0.6 is 43.6 Å². The molecule has 2 rings (SSSR count). The maximum atomic E-state index is 10.6. The van der Waals surface area contributed by atoms with E-state index in [0.717, 1.165) is 26.3 Å². The van der Waals surface area contributed by atoms with Gasteiger partial charge in [-0.3, -0.25) is 4.79 Å². The molecular formula is C11H9Br2N3O2S. The number of aliphatic carboxylic acids is 1. The lowest BCUT2D eigenvalue weighted by molar-refractivity contribution is -0.133. The monoisotopic (exact) mass is 405 g/mol. The zero-order valence-electron chi connectivity index (χ0n) is 9.80. The van der Waals surface area contributed by atoms with Gasteiger partial charge in [0.1, 0.15) is 0 Å². The second-order valence-electron chi connectivity index (χ2n) is 3.67. The number of halogens is 2. The van der Waals surface area contributed by atoms with Gasteiger partial charge in [-0.25, -0.2) is 0 Å². The van der Waals surface area contributed by atoms with E-state index < -0.39 is 5.97 Å². The quantitative estimate of drug-likeness (QED) is 0.789. The minimum atomic E-state index is -0.877. The number of hydrogen-bond donors (Lipinski definition) is 1. The Hall–Kier alpha value is -0.860. The van der Waals surface area contributed by atoms with Gasteiger partial charge >= 0.3 is 5.97 Å². The van der Waals surface area contributed by atoms with Crippen LogP contribution in [0.4, 0.5) is 0 Å². The van der Waals surface area contributed by atoms with E-state index in [2.05, 4.69) is 42.1 Å². The van der Waals surface area contributed by atoms with E-state index in [9.17, 15) is 4.79 Å². The summed E-state index contributed by atoms with van der Waals surface area (Å²) in [6.45, 7) is 0. The van der Waals surface area contributed by atoms with E-state index in [0.29, 0.717) is 11.0 Å². The third kappa shape index (κ3) is 3.37. The molecule has 100 valence electrons. The van der Waals surface area contributed by atoms with E-state index in [4.69, 9.17) is 5.11 Å². The molecule has 1 aromatic carbocycles. The molecule has 0 saturated carbocycles. The van der Waals surface area contributed by atoms with Crippen LogP contribution in [0.25, 0.3) is 11.4 Å². The summed E-state index contributed by atoms with van der Waals surface area (Å²) in [7, 11) is 1.81. The molecule has 0 aliphatic heterocycles. The first-order valence-electron chi connectivity index (χ1n) is 5.18. The molecule has 0 unspecified atom stereocenters. The summed E-state index contributed by atoms with van der Waals surface area (Å²) in [5, 5.41) is 17.4. The maximum Gasteiger partial charge on any atom is 0.313 e. The van der Waals surface area contributed by atoms with Gasteiger partial charge in [-0.15, -0.1) is 10.2 Å². The summed E-state index contributed by atoms with van der Waals surface area (Å²) in [6, 6.07) is 5.77. The van der Waals surface area contributed by atoms with Crippen LogP contribution in [0.5, 0.6) is 0 Å². The lowest BCUT2D eigenvalue weighted by atomic mass is 10.2. The molecule has 0 atom stereocenters. The molecule has 0 fully saturated rings. The second-order valence-corrected chi connectivity index (χ2v) is 6.38. The molecular weight excluding hydrogens is 398 g/mol. The predicted molar refractivity (Wildman–Crippen MR) is 80.2 cm³/mol. The Kier molecular flexibility index (Phi) is 4.64. The summed E-state index contributed by atoms with van der Waals surface area (Å²) in [5.41, 5.74) is 0.895. The van der Waals surface area contributed by atoms with Crippen molar-refractivity contribution < 1.29 is 9.90 Å². The number of nitrogens with zero attached hydrogens (tertiary/aromatic N) is 3. The van der Waals surface area contributed by atoms with Crippen LogP contribution in [0.2, 0.25) is 0 Å². The molecule has 0 aliphatic rings. The molecule has 2 aromatic rings. The zero-order chi connectivity index (χ0) is 14.0. The molecule has 1 aromatic heterocycles. The van der Waals surface area contributed by atoms with Crippen molar-refractivity contribution in [2.45, 2.75) is 5.16 Å². The summed E-state index contributed by atoms with van der Waals surface area (Å²) >= 11 is 8.03. The molecule has 1 heterocycles. The Labute approximate surface area is 130 Å². The van der Waals surface area contributed by atoms with Crippen LogP contribution < -0.4 is 0 Å². The van der Waals surface area contributed by atoms with Crippen molar-refractivity contribution in [3.8, 4) is 11.4 Å². The first-order valence-corrected chi connectivity index (χ1v) is 7.75. The number of aromatic nitrogens is 3. The highest BCUT2D eigenvalue weighted by Gasteiger charge is 2.14. The largest absolute Gasteiger partial charge is 0.481 e. The molecule has 0 aliphatic carbocycles. The topological polar surface area (TPSA) is 68.0 Å². The highest BCUT2D eigenvalue weighted by atomic mass is 79.9. The van der Waals surface area contributed by atoms with Crippen molar-refractivity contribution in [2.75, 3.05) is 5.75 Å². The van der Waals surface area contributed by atoms with E-state index in [1.54, 1.807) is 4.57 Å². The smallest absolute Gasteiger partial charge is 0.313 e. The van der Waals surface area contributed by atoms with Crippen molar-refractivity contribution in [1.29, 1.82) is 0 Å². The van der Waals surface area contributed by atoms with Gasteiger partial charge < -0.3 is 9.67 Å². The van der Waals surface area contributed by atoms with Crippen LogP contribution in [0.3, 0.4) is 0 Å². The first kappa shape index (κ1) is 14.5. The van der Waals surface area contributed by atoms with Gasteiger partial charge in [0.25, 0.3) is 0 Å². The van der Waals surface area contributed by atoms with E-state index >= 15 is 0 Å². The average Bonchev–Trinajstić information content (AvgIpc) is 2.71. The fourth-order valence-corrected chi connectivity index (χ4v) is 2.89. The Morgan fingerprint density at radius 3 is 2.84 bits per heavy atom. The molecule has 8 heteroatoms. The molecule has 5 nitrogen and oxygen atoms in total. The summed E-state index contributed by atoms with van der Waals surface area (Å²) in [6.07, 6.45) is 0. The average molecular weight is 407 g/mol. The lowest BCUT2D eigenvalue weighted by Crippen LogP contribution is -2.01. The maximum absolute atomic E-state index is 10.6. The van der Waals surface area contributed by atoms with Crippen LogP contribution in [0.15, 0.2) is 32.3 Å². The number of rotatable bonds is 4. The van der Waals surface area contributed by atoms with Crippen LogP contribution in [0.1, 0.15) is 0 Å². The predicted octanol–water partition coefficient (Wildman–Crippen LogP) is 3.18. The van der Waals surface area contributed by atoms with Crippen LogP contribution in [0, 0.1) is 0 Å². The Morgan fingerprint density at radius 1 is 1.42 bits per heavy atom. The van der Waals surface area contributed by atoms with Gasteiger partial charge in [0.15, 0.2) is 11.0 Å². The van der Waals surface area contributed by atoms with Gasteiger partial charge in [0.05, 0.1) is 5.75 Å². The normalized spacial score (nSPS) is 10.7. The SMILES string of the molecule is Cn1c(SCC(=O)O)nnc1-c1cc(Br)ccc1Br. The van der Waals surface area contributed by atoms with Gasteiger partial charge in [0, 0.05) is 21.6 Å². The van der Waals surface area contributed by atoms with Crippen molar-refractivity contribution in [3.63, 3.8) is 0 Å². The molecule has 19 heavy (non-hydrogen) atoms. The molecule has 1 N–H and O–H groups in total. The van der Waals surface area contributed by atoms with Crippen molar-refractivity contribution in [3.05, 3.63) is 27.1 Å². The zero-order valence-corrected chi connectivity index (χ0v) is 13.8. The highest BCUT2D eigenvalue weighted by Crippen LogP contribution is 2.31. The third-order valence-electron chi connectivity index (χ3n) is 2.33. The molecule has 0 radical (unpaired) electrons. The summed E-state index contributed by atoms with van der Waals surface area (Å²) < 4.78 is 3.62.